The third kappa shape index (κ3) is 3.11. The standard InChI is InChI=1S/C13H13NO3.ClH/c1-9-12(13(15)16)11(14-17-9)8-7-10-5-3-2-4-6-10;/h2-6H,7-8H2,1H3,(H,15,16);1H. The Morgan fingerprint density at radius 3 is 2.56 bits per heavy atom. The number of aromatic carboxylic acids is 1. The Labute approximate surface area is 111 Å². The SMILES string of the molecule is Cc1onc(CCc2ccccc2)c1C(=O)O.Cl. The van der Waals surface area contributed by atoms with Gasteiger partial charge < -0.3 is 9.63 Å². The molecule has 18 heavy (non-hydrogen) atoms. The largest absolute Gasteiger partial charge is 0.477 e. The summed E-state index contributed by atoms with van der Waals surface area (Å²) in [5, 5.41) is 12.8. The number of hydrogen-bond donors (Lipinski definition) is 1. The first-order valence-electron chi connectivity index (χ1n) is 5.41. The molecule has 1 aromatic carbocycles. The molecular formula is C13H14ClNO3. The van der Waals surface area contributed by atoms with Crippen LogP contribution in [0.4, 0.5) is 0 Å². The quantitative estimate of drug-likeness (QED) is 0.925. The van der Waals surface area contributed by atoms with Crippen molar-refractivity contribution in [2.24, 2.45) is 0 Å². The maximum atomic E-state index is 11.0. The molecule has 0 aliphatic rings. The van der Waals surface area contributed by atoms with Crippen LogP contribution in [0.2, 0.25) is 0 Å². The Kier molecular flexibility index (Phi) is 4.92. The van der Waals surface area contributed by atoms with Crippen LogP contribution in [-0.4, -0.2) is 16.2 Å². The van der Waals surface area contributed by atoms with Gasteiger partial charge in [-0.15, -0.1) is 12.4 Å². The Morgan fingerprint density at radius 1 is 1.28 bits per heavy atom. The Bertz CT molecular complexity index is 522. The maximum Gasteiger partial charge on any atom is 0.341 e. The Morgan fingerprint density at radius 2 is 1.94 bits per heavy atom. The average Bonchev–Trinajstić information content (AvgIpc) is 2.69. The van der Waals surface area contributed by atoms with E-state index < -0.39 is 5.97 Å². The number of carboxylic acid groups (broad SMARTS) is 1. The van der Waals surface area contributed by atoms with E-state index >= 15 is 0 Å². The van der Waals surface area contributed by atoms with E-state index in [1.54, 1.807) is 6.92 Å². The van der Waals surface area contributed by atoms with Crippen molar-refractivity contribution in [2.75, 3.05) is 0 Å². The first kappa shape index (κ1) is 14.3. The van der Waals surface area contributed by atoms with E-state index in [4.69, 9.17) is 9.63 Å². The summed E-state index contributed by atoms with van der Waals surface area (Å²) in [5.74, 6) is -0.618. The molecule has 0 saturated carbocycles. The fourth-order valence-electron chi connectivity index (χ4n) is 1.77. The third-order valence-corrected chi connectivity index (χ3v) is 2.64. The van der Waals surface area contributed by atoms with Crippen molar-refractivity contribution in [1.29, 1.82) is 0 Å². The summed E-state index contributed by atoms with van der Waals surface area (Å²) in [5.41, 5.74) is 1.87. The lowest BCUT2D eigenvalue weighted by atomic mass is 10.1. The zero-order chi connectivity index (χ0) is 12.3. The van der Waals surface area contributed by atoms with E-state index in [0.717, 1.165) is 12.0 Å². The molecule has 0 spiro atoms. The van der Waals surface area contributed by atoms with Gasteiger partial charge in [0, 0.05) is 0 Å². The first-order chi connectivity index (χ1) is 8.18. The van der Waals surface area contributed by atoms with Crippen molar-refractivity contribution < 1.29 is 14.4 Å². The number of rotatable bonds is 4. The lowest BCUT2D eigenvalue weighted by molar-refractivity contribution is 0.0694. The summed E-state index contributed by atoms with van der Waals surface area (Å²) >= 11 is 0. The van der Waals surface area contributed by atoms with Crippen LogP contribution < -0.4 is 0 Å². The van der Waals surface area contributed by atoms with Gasteiger partial charge in [0.1, 0.15) is 11.3 Å². The second kappa shape index (κ2) is 6.21. The van der Waals surface area contributed by atoms with Crippen molar-refractivity contribution in [3.63, 3.8) is 0 Å². The number of carbonyl (C=O) groups is 1. The summed E-state index contributed by atoms with van der Waals surface area (Å²) < 4.78 is 4.91. The van der Waals surface area contributed by atoms with Crippen LogP contribution in [0.3, 0.4) is 0 Å². The van der Waals surface area contributed by atoms with Gasteiger partial charge in [0.15, 0.2) is 0 Å². The van der Waals surface area contributed by atoms with E-state index in [9.17, 15) is 4.79 Å². The number of hydrogen-bond acceptors (Lipinski definition) is 3. The van der Waals surface area contributed by atoms with Gasteiger partial charge in [0.25, 0.3) is 0 Å². The molecule has 0 bridgehead atoms. The molecule has 0 aliphatic heterocycles. The zero-order valence-electron chi connectivity index (χ0n) is 9.92. The number of nitrogens with zero attached hydrogens (tertiary/aromatic N) is 1. The monoisotopic (exact) mass is 267 g/mol. The predicted octanol–water partition coefficient (Wildman–Crippen LogP) is 2.89. The van der Waals surface area contributed by atoms with E-state index in [2.05, 4.69) is 5.16 Å². The van der Waals surface area contributed by atoms with Crippen LogP contribution in [0.25, 0.3) is 0 Å². The van der Waals surface area contributed by atoms with Crippen LogP contribution in [-0.2, 0) is 12.8 Å². The van der Waals surface area contributed by atoms with E-state index in [1.807, 2.05) is 30.3 Å². The highest BCUT2D eigenvalue weighted by Crippen LogP contribution is 2.15. The van der Waals surface area contributed by atoms with Crippen molar-refractivity contribution >= 4 is 18.4 Å². The summed E-state index contributed by atoms with van der Waals surface area (Å²) in [6.07, 6.45) is 1.33. The molecule has 4 nitrogen and oxygen atoms in total. The highest BCUT2D eigenvalue weighted by Gasteiger charge is 2.18. The molecule has 0 unspecified atom stereocenters. The van der Waals surface area contributed by atoms with Gasteiger partial charge in [-0.05, 0) is 25.3 Å². The smallest absolute Gasteiger partial charge is 0.341 e. The van der Waals surface area contributed by atoms with Gasteiger partial charge in [0.2, 0.25) is 0 Å². The van der Waals surface area contributed by atoms with Crippen molar-refractivity contribution in [3.8, 4) is 0 Å². The van der Waals surface area contributed by atoms with E-state index in [1.165, 1.54) is 0 Å². The zero-order valence-corrected chi connectivity index (χ0v) is 10.7. The molecular weight excluding hydrogens is 254 g/mol. The van der Waals surface area contributed by atoms with Crippen LogP contribution in [0.15, 0.2) is 34.9 Å². The molecule has 0 fully saturated rings. The lowest BCUT2D eigenvalue weighted by Gasteiger charge is -1.99. The number of aromatic nitrogens is 1. The Balaban J connectivity index is 0.00000162. The number of halogens is 1. The molecule has 1 aromatic heterocycles. The molecule has 2 rings (SSSR count). The van der Waals surface area contributed by atoms with Crippen LogP contribution in [0, 0.1) is 6.92 Å². The summed E-state index contributed by atoms with van der Waals surface area (Å²) in [6.45, 7) is 1.61. The molecule has 0 atom stereocenters. The molecule has 2 aromatic rings. The number of carboxylic acids is 1. The Hall–Kier alpha value is -1.81. The minimum absolute atomic E-state index is 0. The molecule has 1 heterocycles. The van der Waals surface area contributed by atoms with Gasteiger partial charge in [-0.2, -0.15) is 0 Å². The fraction of sp³-hybridized carbons (Fsp3) is 0.231. The first-order valence-corrected chi connectivity index (χ1v) is 5.41. The predicted molar refractivity (Wildman–Crippen MR) is 69.3 cm³/mol. The highest BCUT2D eigenvalue weighted by atomic mass is 35.5. The topological polar surface area (TPSA) is 63.3 Å². The fourth-order valence-corrected chi connectivity index (χ4v) is 1.77. The van der Waals surface area contributed by atoms with Gasteiger partial charge in [0.05, 0.1) is 5.69 Å². The van der Waals surface area contributed by atoms with Gasteiger partial charge in [-0.3, -0.25) is 0 Å². The summed E-state index contributed by atoms with van der Waals surface area (Å²) in [4.78, 5) is 11.0. The van der Waals surface area contributed by atoms with Crippen molar-refractivity contribution in [2.45, 2.75) is 19.8 Å². The number of benzene rings is 1. The second-order valence-corrected chi connectivity index (χ2v) is 3.85. The van der Waals surface area contributed by atoms with Crippen LogP contribution >= 0.6 is 12.4 Å². The average molecular weight is 268 g/mol. The minimum Gasteiger partial charge on any atom is -0.477 e. The van der Waals surface area contributed by atoms with Crippen molar-refractivity contribution in [1.82, 2.24) is 5.16 Å². The van der Waals surface area contributed by atoms with Gasteiger partial charge in [-0.25, -0.2) is 4.79 Å². The van der Waals surface area contributed by atoms with E-state index in [-0.39, 0.29) is 18.0 Å². The normalized spacial score (nSPS) is 9.83. The van der Waals surface area contributed by atoms with Crippen molar-refractivity contribution in [3.05, 3.63) is 52.9 Å². The molecule has 5 heteroatoms. The summed E-state index contributed by atoms with van der Waals surface area (Å²) in [6, 6.07) is 9.89. The van der Waals surface area contributed by atoms with Crippen LogP contribution in [0.5, 0.6) is 0 Å². The lowest BCUT2D eigenvalue weighted by Crippen LogP contribution is -2.03. The molecule has 0 saturated heterocycles. The number of aryl methyl sites for hydroxylation is 3. The third-order valence-electron chi connectivity index (χ3n) is 2.64. The molecule has 0 radical (unpaired) electrons. The van der Waals surface area contributed by atoms with Gasteiger partial charge >= 0.3 is 5.97 Å². The summed E-state index contributed by atoms with van der Waals surface area (Å²) in [7, 11) is 0. The molecule has 1 N–H and O–H groups in total. The maximum absolute atomic E-state index is 11.0. The second-order valence-electron chi connectivity index (χ2n) is 3.85. The molecule has 0 aliphatic carbocycles. The van der Waals surface area contributed by atoms with Gasteiger partial charge in [-0.1, -0.05) is 35.5 Å². The van der Waals surface area contributed by atoms with Crippen LogP contribution in [0.1, 0.15) is 27.4 Å². The molecule has 0 amide bonds. The minimum atomic E-state index is -0.980. The van der Waals surface area contributed by atoms with E-state index in [0.29, 0.717) is 17.9 Å². The molecule has 96 valence electrons. The highest BCUT2D eigenvalue weighted by molar-refractivity contribution is 5.89.